The second-order valence-corrected chi connectivity index (χ2v) is 2.41. The third-order valence-corrected chi connectivity index (χ3v) is 1.43. The Morgan fingerprint density at radius 3 is 2.58 bits per heavy atom. The fraction of sp³-hybridized carbons (Fsp3) is 1.00. The molecule has 0 amide bonds. The number of hydrazine groups is 1. The smallest absolute Gasteiger partial charge is 0.0962 e. The van der Waals surface area contributed by atoms with Crippen molar-refractivity contribution in [2.24, 2.45) is 5.29 Å². The standard InChI is InChI=1S/C6H16N4O2/c1-3-5-9(6-4-7-2)10(12)8-11/h7,12H,3-6H2,1-2H3. The molecule has 0 saturated heterocycles. The van der Waals surface area contributed by atoms with E-state index in [1.807, 2.05) is 6.92 Å². The van der Waals surface area contributed by atoms with Crippen LogP contribution in [0.1, 0.15) is 13.3 Å². The van der Waals surface area contributed by atoms with Crippen molar-refractivity contribution in [3.63, 3.8) is 0 Å². The van der Waals surface area contributed by atoms with E-state index in [0.717, 1.165) is 6.42 Å². The van der Waals surface area contributed by atoms with Gasteiger partial charge in [0.15, 0.2) is 0 Å². The van der Waals surface area contributed by atoms with Gasteiger partial charge < -0.3 is 5.32 Å². The Kier molecular flexibility index (Phi) is 6.54. The highest BCUT2D eigenvalue weighted by atomic mass is 16.6. The van der Waals surface area contributed by atoms with Gasteiger partial charge in [-0.1, -0.05) is 12.2 Å². The summed E-state index contributed by atoms with van der Waals surface area (Å²) < 4.78 is 0. The van der Waals surface area contributed by atoms with Gasteiger partial charge >= 0.3 is 0 Å². The average Bonchev–Trinajstić information content (AvgIpc) is 2.11. The molecule has 0 spiro atoms. The second kappa shape index (κ2) is 6.96. The molecule has 0 rings (SSSR count). The maximum atomic E-state index is 9.95. The lowest BCUT2D eigenvalue weighted by Gasteiger charge is -2.23. The zero-order valence-electron chi connectivity index (χ0n) is 7.53. The normalized spacial score (nSPS) is 10.3. The molecule has 0 aliphatic heterocycles. The van der Waals surface area contributed by atoms with Gasteiger partial charge in [-0.2, -0.15) is 5.01 Å². The quantitative estimate of drug-likeness (QED) is 0.428. The molecule has 72 valence electrons. The summed E-state index contributed by atoms with van der Waals surface area (Å²) >= 11 is 0. The summed E-state index contributed by atoms with van der Waals surface area (Å²) in [6.07, 6.45) is 0.857. The maximum absolute atomic E-state index is 9.95. The molecule has 0 bridgehead atoms. The van der Waals surface area contributed by atoms with Crippen LogP contribution in [0.15, 0.2) is 5.29 Å². The molecule has 0 unspecified atom stereocenters. The van der Waals surface area contributed by atoms with Gasteiger partial charge in [-0.05, 0) is 13.5 Å². The number of hydrogen-bond acceptors (Lipinski definition) is 5. The first kappa shape index (κ1) is 11.3. The molecule has 0 radical (unpaired) electrons. The molecule has 0 aromatic heterocycles. The van der Waals surface area contributed by atoms with E-state index >= 15 is 0 Å². The number of likely N-dealkylation sites (N-methyl/N-ethyl adjacent to an activating group) is 1. The van der Waals surface area contributed by atoms with Crippen molar-refractivity contribution in [1.82, 2.24) is 15.6 Å². The van der Waals surface area contributed by atoms with Gasteiger partial charge in [-0.25, -0.2) is 0 Å². The Morgan fingerprint density at radius 1 is 1.50 bits per heavy atom. The highest BCUT2D eigenvalue weighted by Gasteiger charge is 2.09. The molecule has 6 nitrogen and oxygen atoms in total. The minimum atomic E-state index is 0.348. The van der Waals surface area contributed by atoms with Crippen molar-refractivity contribution in [2.45, 2.75) is 13.3 Å². The highest BCUT2D eigenvalue weighted by molar-refractivity contribution is 4.50. The summed E-state index contributed by atoms with van der Waals surface area (Å²) in [5.74, 6) is 0. The van der Waals surface area contributed by atoms with Crippen LogP contribution >= 0.6 is 0 Å². The number of nitrogens with one attached hydrogen (secondary N) is 1. The van der Waals surface area contributed by atoms with Crippen LogP contribution in [-0.4, -0.2) is 42.2 Å². The molecule has 0 aromatic carbocycles. The van der Waals surface area contributed by atoms with E-state index < -0.39 is 0 Å². The van der Waals surface area contributed by atoms with E-state index in [1.54, 1.807) is 7.05 Å². The van der Waals surface area contributed by atoms with Crippen LogP contribution in [0.5, 0.6) is 0 Å². The van der Waals surface area contributed by atoms with Gasteiger partial charge in [0.05, 0.1) is 5.29 Å². The minimum absolute atomic E-state index is 0.348. The Hall–Kier alpha value is -0.720. The molecule has 0 aliphatic rings. The molecular weight excluding hydrogens is 160 g/mol. The minimum Gasteiger partial charge on any atom is -0.318 e. The van der Waals surface area contributed by atoms with Crippen molar-refractivity contribution in [3.8, 4) is 0 Å². The molecular formula is C6H16N4O2. The Bertz CT molecular complexity index is 122. The summed E-state index contributed by atoms with van der Waals surface area (Å²) in [5, 5.41) is 16.0. The van der Waals surface area contributed by atoms with Gasteiger partial charge in [0, 0.05) is 19.6 Å². The zero-order valence-corrected chi connectivity index (χ0v) is 7.53. The molecule has 0 atom stereocenters. The van der Waals surface area contributed by atoms with Crippen LogP contribution in [0.4, 0.5) is 0 Å². The molecule has 0 aromatic rings. The van der Waals surface area contributed by atoms with Crippen LogP contribution in [0.25, 0.3) is 0 Å². The second-order valence-electron chi connectivity index (χ2n) is 2.41. The third kappa shape index (κ3) is 4.22. The lowest BCUT2D eigenvalue weighted by atomic mass is 10.4. The first-order valence-electron chi connectivity index (χ1n) is 3.98. The fourth-order valence-electron chi connectivity index (χ4n) is 0.841. The zero-order chi connectivity index (χ0) is 9.40. The van der Waals surface area contributed by atoms with Crippen molar-refractivity contribution < 1.29 is 5.21 Å². The van der Waals surface area contributed by atoms with Gasteiger partial charge in [-0.3, -0.25) is 5.21 Å². The van der Waals surface area contributed by atoms with Crippen LogP contribution < -0.4 is 5.32 Å². The van der Waals surface area contributed by atoms with Crippen LogP contribution in [0.3, 0.4) is 0 Å². The summed E-state index contributed by atoms with van der Waals surface area (Å²) in [5.41, 5.74) is 0. The van der Waals surface area contributed by atoms with E-state index in [-0.39, 0.29) is 0 Å². The molecule has 0 aliphatic carbocycles. The Balaban J connectivity index is 3.75. The third-order valence-electron chi connectivity index (χ3n) is 1.43. The first-order chi connectivity index (χ1) is 5.76. The predicted molar refractivity (Wildman–Crippen MR) is 45.2 cm³/mol. The predicted octanol–water partition coefficient (Wildman–Crippen LogP) is 0.205. The van der Waals surface area contributed by atoms with Gasteiger partial charge in [0.25, 0.3) is 0 Å². The lowest BCUT2D eigenvalue weighted by molar-refractivity contribution is -0.247. The van der Waals surface area contributed by atoms with Crippen molar-refractivity contribution in [2.75, 3.05) is 26.7 Å². The maximum Gasteiger partial charge on any atom is 0.0962 e. The highest BCUT2D eigenvalue weighted by Crippen LogP contribution is 1.95. The van der Waals surface area contributed by atoms with E-state index in [9.17, 15) is 4.91 Å². The molecule has 0 fully saturated rings. The van der Waals surface area contributed by atoms with Gasteiger partial charge in [0.2, 0.25) is 0 Å². The molecule has 0 saturated carbocycles. The SMILES string of the molecule is CCCN(CCNC)N(O)N=O. The van der Waals surface area contributed by atoms with Crippen LogP contribution in [-0.2, 0) is 0 Å². The topological polar surface area (TPSA) is 68.2 Å². The van der Waals surface area contributed by atoms with Crippen molar-refractivity contribution in [1.29, 1.82) is 0 Å². The fourth-order valence-corrected chi connectivity index (χ4v) is 0.841. The molecule has 12 heavy (non-hydrogen) atoms. The number of rotatable bonds is 7. The average molecular weight is 176 g/mol. The molecule has 6 heteroatoms. The van der Waals surface area contributed by atoms with E-state index in [4.69, 9.17) is 5.21 Å². The molecule has 2 N–H and O–H groups in total. The summed E-state index contributed by atoms with van der Waals surface area (Å²) in [4.78, 5) is 9.95. The lowest BCUT2D eigenvalue weighted by Crippen LogP contribution is -2.40. The largest absolute Gasteiger partial charge is 0.318 e. The van der Waals surface area contributed by atoms with Gasteiger partial charge in [0.1, 0.15) is 0 Å². The van der Waals surface area contributed by atoms with Crippen LogP contribution in [0.2, 0.25) is 0 Å². The van der Waals surface area contributed by atoms with Crippen LogP contribution in [0, 0.1) is 4.91 Å². The number of nitrogens with zero attached hydrogens (tertiary/aromatic N) is 3. The van der Waals surface area contributed by atoms with E-state index in [0.29, 0.717) is 24.9 Å². The molecule has 0 heterocycles. The summed E-state index contributed by atoms with van der Waals surface area (Å²) in [6, 6.07) is 0. The summed E-state index contributed by atoms with van der Waals surface area (Å²) in [6.45, 7) is 3.84. The number of hydrogen-bond donors (Lipinski definition) is 2. The number of nitroso groups, excluding NO2 is 1. The monoisotopic (exact) mass is 176 g/mol. The Labute approximate surface area is 72.0 Å². The van der Waals surface area contributed by atoms with E-state index in [1.165, 1.54) is 5.01 Å². The van der Waals surface area contributed by atoms with Crippen molar-refractivity contribution >= 4 is 0 Å². The van der Waals surface area contributed by atoms with Gasteiger partial charge in [-0.15, -0.1) is 4.91 Å². The van der Waals surface area contributed by atoms with E-state index in [2.05, 4.69) is 10.6 Å². The first-order valence-corrected chi connectivity index (χ1v) is 3.98. The van der Waals surface area contributed by atoms with Crippen molar-refractivity contribution in [3.05, 3.63) is 4.91 Å². The summed E-state index contributed by atoms with van der Waals surface area (Å²) in [7, 11) is 1.81. The Morgan fingerprint density at radius 2 is 2.17 bits per heavy atom.